The largest absolute Gasteiger partial charge is 0.491 e. The van der Waals surface area contributed by atoms with Crippen LogP contribution in [0.25, 0.3) is 0 Å². The molecule has 264 valence electrons. The van der Waals surface area contributed by atoms with Crippen molar-refractivity contribution < 1.29 is 38.0 Å². The number of nitrogens with one attached hydrogen (secondary N) is 1. The van der Waals surface area contributed by atoms with Gasteiger partial charge in [0.2, 0.25) is 10.6 Å². The Bertz CT molecular complexity index is 1620. The molecule has 0 atom stereocenters. The zero-order chi connectivity index (χ0) is 36.3. The SMILES string of the molecule is COC(=O)c1c(C)nc(Cl)nc1Cl.COCCOc1ccc(N)cc1.COCCOc1ccc(Nc2nc(Cl)nc(C)c2C(=O)OC)cc1. The molecule has 0 aliphatic rings. The van der Waals surface area contributed by atoms with Gasteiger partial charge in [-0.2, -0.15) is 4.98 Å². The molecule has 0 aliphatic heterocycles. The van der Waals surface area contributed by atoms with Crippen LogP contribution in [0.4, 0.5) is 17.2 Å². The normalized spacial score (nSPS) is 10.1. The molecule has 0 saturated carbocycles. The van der Waals surface area contributed by atoms with E-state index in [0.717, 1.165) is 11.4 Å². The van der Waals surface area contributed by atoms with E-state index in [9.17, 15) is 9.59 Å². The van der Waals surface area contributed by atoms with Crippen molar-refractivity contribution in [2.45, 2.75) is 13.8 Å². The van der Waals surface area contributed by atoms with Crippen LogP contribution in [0.15, 0.2) is 48.5 Å². The van der Waals surface area contributed by atoms with Crippen LogP contribution >= 0.6 is 34.8 Å². The number of nitrogens with zero attached hydrogens (tertiary/aromatic N) is 4. The number of anilines is 3. The highest BCUT2D eigenvalue weighted by Gasteiger charge is 2.19. The van der Waals surface area contributed by atoms with Gasteiger partial charge < -0.3 is 39.5 Å². The minimum absolute atomic E-state index is 0.00403. The van der Waals surface area contributed by atoms with Crippen LogP contribution in [0.5, 0.6) is 11.5 Å². The molecule has 0 radical (unpaired) electrons. The monoisotopic (exact) mass is 738 g/mol. The molecule has 0 fully saturated rings. The summed E-state index contributed by atoms with van der Waals surface area (Å²) in [5.41, 5.74) is 8.18. The number of esters is 2. The van der Waals surface area contributed by atoms with Crippen molar-refractivity contribution in [1.82, 2.24) is 19.9 Å². The first-order valence-corrected chi connectivity index (χ1v) is 15.4. The van der Waals surface area contributed by atoms with Gasteiger partial charge in [-0.1, -0.05) is 11.6 Å². The van der Waals surface area contributed by atoms with Gasteiger partial charge in [-0.3, -0.25) is 0 Å². The Balaban J connectivity index is 0.000000281. The van der Waals surface area contributed by atoms with Crippen molar-refractivity contribution in [3.8, 4) is 11.5 Å². The van der Waals surface area contributed by atoms with Crippen molar-refractivity contribution in [1.29, 1.82) is 0 Å². The summed E-state index contributed by atoms with van der Waals surface area (Å²) in [6, 6.07) is 14.5. The van der Waals surface area contributed by atoms with Crippen molar-refractivity contribution in [3.63, 3.8) is 0 Å². The van der Waals surface area contributed by atoms with Gasteiger partial charge in [-0.15, -0.1) is 0 Å². The summed E-state index contributed by atoms with van der Waals surface area (Å²) in [6.45, 7) is 5.42. The molecule has 14 nitrogen and oxygen atoms in total. The number of nitrogens with two attached hydrogens (primary N) is 1. The van der Waals surface area contributed by atoms with E-state index in [-0.39, 0.29) is 32.7 Å². The number of rotatable bonds is 12. The summed E-state index contributed by atoms with van der Waals surface area (Å²) in [6.07, 6.45) is 0. The molecule has 0 bridgehead atoms. The third kappa shape index (κ3) is 13.9. The number of carbonyl (C=O) groups is 2. The number of carbonyl (C=O) groups excluding carboxylic acids is 2. The standard InChI is InChI=1S/C16H18ClN3O4.C9H13NO2.C7H6Cl2N2O2/c1-10-13(15(21)23-3)14(20-16(17)18-10)19-11-4-6-12(7-5-11)24-9-8-22-2;1-11-6-7-12-9-4-2-8(10)3-5-9;1-3-4(6(12)13-2)5(8)11-7(9)10-3/h4-7H,8-9H2,1-3H3,(H,18,19,20);2-5H,6-7,10H2,1H3;1-2H3. The van der Waals surface area contributed by atoms with Gasteiger partial charge in [0.25, 0.3) is 0 Å². The Morgan fingerprint density at radius 3 is 1.57 bits per heavy atom. The van der Waals surface area contributed by atoms with Crippen LogP contribution in [0, 0.1) is 13.8 Å². The molecule has 17 heteroatoms. The van der Waals surface area contributed by atoms with Gasteiger partial charge in [0, 0.05) is 25.6 Å². The maximum atomic E-state index is 11.9. The van der Waals surface area contributed by atoms with E-state index in [2.05, 4.69) is 30.0 Å². The number of hydrogen-bond acceptors (Lipinski definition) is 14. The fourth-order valence-electron chi connectivity index (χ4n) is 3.64. The van der Waals surface area contributed by atoms with E-state index in [1.807, 2.05) is 24.3 Å². The van der Waals surface area contributed by atoms with Gasteiger partial charge in [-0.05, 0) is 85.6 Å². The fraction of sp³-hybridized carbons (Fsp3) is 0.312. The lowest BCUT2D eigenvalue weighted by Crippen LogP contribution is -2.11. The second kappa shape index (κ2) is 21.5. The zero-order valence-electron chi connectivity index (χ0n) is 27.7. The van der Waals surface area contributed by atoms with Crippen LogP contribution in [0.1, 0.15) is 32.1 Å². The van der Waals surface area contributed by atoms with Crippen LogP contribution in [-0.2, 0) is 18.9 Å². The number of methoxy groups -OCH3 is 4. The van der Waals surface area contributed by atoms with E-state index in [1.165, 1.54) is 14.2 Å². The third-order valence-electron chi connectivity index (χ3n) is 5.97. The zero-order valence-corrected chi connectivity index (χ0v) is 30.0. The molecule has 3 N–H and O–H groups in total. The van der Waals surface area contributed by atoms with Gasteiger partial charge >= 0.3 is 11.9 Å². The third-order valence-corrected chi connectivity index (χ3v) is 6.58. The highest BCUT2D eigenvalue weighted by Crippen LogP contribution is 2.25. The average molecular weight is 740 g/mol. The predicted octanol–water partition coefficient (Wildman–Crippen LogP) is 6.17. The van der Waals surface area contributed by atoms with Crippen molar-refractivity contribution in [2.75, 3.05) is 65.9 Å². The summed E-state index contributed by atoms with van der Waals surface area (Å²) >= 11 is 17.1. The first kappa shape index (κ1) is 40.7. The van der Waals surface area contributed by atoms with Gasteiger partial charge in [-0.25, -0.2) is 24.5 Å². The molecule has 0 spiro atoms. The highest BCUT2D eigenvalue weighted by atomic mass is 35.5. The maximum Gasteiger partial charge on any atom is 0.343 e. The number of aromatic nitrogens is 4. The minimum atomic E-state index is -0.570. The lowest BCUT2D eigenvalue weighted by atomic mass is 10.2. The second-order valence-electron chi connectivity index (χ2n) is 9.43. The molecular formula is C32H37Cl3N6O8. The van der Waals surface area contributed by atoms with Gasteiger partial charge in [0.1, 0.15) is 46.8 Å². The first-order valence-electron chi connectivity index (χ1n) is 14.3. The van der Waals surface area contributed by atoms with Crippen LogP contribution in [0.3, 0.4) is 0 Å². The second-order valence-corrected chi connectivity index (χ2v) is 10.5. The van der Waals surface area contributed by atoms with Gasteiger partial charge in [0.15, 0.2) is 0 Å². The summed E-state index contributed by atoms with van der Waals surface area (Å²) in [5.74, 6) is 0.710. The maximum absolute atomic E-state index is 11.9. The van der Waals surface area contributed by atoms with Crippen molar-refractivity contribution >= 4 is 63.9 Å². The van der Waals surface area contributed by atoms with Crippen LogP contribution < -0.4 is 20.5 Å². The summed E-state index contributed by atoms with van der Waals surface area (Å²) < 4.78 is 29.8. The van der Waals surface area contributed by atoms with E-state index in [1.54, 1.807) is 52.3 Å². The fourth-order valence-corrected chi connectivity index (χ4v) is 4.40. The molecule has 0 amide bonds. The molecule has 4 rings (SSSR count). The quantitative estimate of drug-likeness (QED) is 0.0554. The van der Waals surface area contributed by atoms with Crippen molar-refractivity contribution in [2.24, 2.45) is 0 Å². The average Bonchev–Trinajstić information content (AvgIpc) is 3.06. The summed E-state index contributed by atoms with van der Waals surface area (Å²) in [5, 5.41) is 3.10. The van der Waals surface area contributed by atoms with E-state index >= 15 is 0 Å². The lowest BCUT2D eigenvalue weighted by molar-refractivity contribution is 0.0590. The number of aryl methyl sites for hydroxylation is 2. The first-order chi connectivity index (χ1) is 23.4. The minimum Gasteiger partial charge on any atom is -0.491 e. The van der Waals surface area contributed by atoms with E-state index < -0.39 is 11.9 Å². The Kier molecular flexibility index (Phi) is 17.9. The lowest BCUT2D eigenvalue weighted by Gasteiger charge is -2.12. The molecule has 0 saturated heterocycles. The Morgan fingerprint density at radius 1 is 0.653 bits per heavy atom. The van der Waals surface area contributed by atoms with Crippen LogP contribution in [-0.4, -0.2) is 86.7 Å². The topological polar surface area (TPSA) is 179 Å². The van der Waals surface area contributed by atoms with E-state index in [0.29, 0.717) is 49.3 Å². The number of hydrogen-bond donors (Lipinski definition) is 2. The number of ether oxygens (including phenoxy) is 6. The van der Waals surface area contributed by atoms with Gasteiger partial charge in [0.05, 0.1) is 38.8 Å². The van der Waals surface area contributed by atoms with E-state index in [4.69, 9.17) is 64.2 Å². The molecule has 2 aromatic carbocycles. The molecule has 2 aromatic heterocycles. The van der Waals surface area contributed by atoms with Crippen molar-refractivity contribution in [3.05, 3.63) is 86.8 Å². The Hall–Kier alpha value is -4.47. The number of halogens is 3. The van der Waals surface area contributed by atoms with Crippen LogP contribution in [0.2, 0.25) is 15.7 Å². The summed E-state index contributed by atoms with van der Waals surface area (Å²) in [7, 11) is 5.81. The molecule has 49 heavy (non-hydrogen) atoms. The molecule has 2 heterocycles. The summed E-state index contributed by atoms with van der Waals surface area (Å²) in [4.78, 5) is 38.5. The molecule has 4 aromatic rings. The highest BCUT2D eigenvalue weighted by molar-refractivity contribution is 6.34. The Labute approximate surface area is 299 Å². The smallest absolute Gasteiger partial charge is 0.343 e. The molecule has 0 unspecified atom stereocenters. The predicted molar refractivity (Wildman–Crippen MR) is 187 cm³/mol. The number of nitrogen functional groups attached to an aromatic ring is 1. The molecule has 0 aliphatic carbocycles. The number of benzene rings is 2. The Morgan fingerprint density at radius 2 is 1.10 bits per heavy atom. The molecular weight excluding hydrogens is 703 g/mol.